The molecule has 2 aliphatic rings. The molecule has 0 aromatic carbocycles. The summed E-state index contributed by atoms with van der Waals surface area (Å²) in [5, 5.41) is 10.4. The van der Waals surface area contributed by atoms with Crippen LogP contribution in [-0.2, 0) is 4.79 Å². The van der Waals surface area contributed by atoms with Crippen molar-refractivity contribution < 1.29 is 9.90 Å². The van der Waals surface area contributed by atoms with Gasteiger partial charge in [0.2, 0.25) is 5.13 Å². The zero-order valence-corrected chi connectivity index (χ0v) is 11.9. The molecule has 1 saturated heterocycles. The van der Waals surface area contributed by atoms with Gasteiger partial charge < -0.3 is 10.0 Å². The predicted octanol–water partition coefficient (Wildman–Crippen LogP) is 2.50. The first-order valence-corrected chi connectivity index (χ1v) is 7.74. The van der Waals surface area contributed by atoms with Gasteiger partial charge in [0, 0.05) is 30.5 Å². The van der Waals surface area contributed by atoms with Crippen LogP contribution in [0.25, 0.3) is 0 Å². The first-order chi connectivity index (χ1) is 9.14. The van der Waals surface area contributed by atoms with Crippen molar-refractivity contribution in [3.63, 3.8) is 0 Å². The molecule has 6 heteroatoms. The maximum atomic E-state index is 11.5. The molecule has 104 valence electrons. The monoisotopic (exact) mass is 281 g/mol. The van der Waals surface area contributed by atoms with Crippen LogP contribution in [0.4, 0.5) is 5.13 Å². The molecule has 1 saturated carbocycles. The Kier molecular flexibility index (Phi) is 3.20. The topological polar surface area (TPSA) is 66.3 Å². The summed E-state index contributed by atoms with van der Waals surface area (Å²) in [6.07, 6.45) is 4.75. The number of carbonyl (C=O) groups is 1. The highest BCUT2D eigenvalue weighted by atomic mass is 32.1. The molecule has 0 radical (unpaired) electrons. The van der Waals surface area contributed by atoms with E-state index in [-0.39, 0.29) is 0 Å². The molecule has 1 unspecified atom stereocenters. The Bertz CT molecular complexity index is 486. The third-order valence-electron chi connectivity index (χ3n) is 4.35. The summed E-state index contributed by atoms with van der Waals surface area (Å²) in [6, 6.07) is 0. The van der Waals surface area contributed by atoms with E-state index < -0.39 is 11.4 Å². The molecule has 1 aromatic rings. The van der Waals surface area contributed by atoms with Gasteiger partial charge >= 0.3 is 5.97 Å². The normalized spacial score (nSPS) is 27.5. The maximum Gasteiger partial charge on any atom is 0.311 e. The number of piperidine rings is 1. The molecule has 19 heavy (non-hydrogen) atoms. The number of anilines is 1. The van der Waals surface area contributed by atoms with Crippen molar-refractivity contribution in [3.8, 4) is 0 Å². The van der Waals surface area contributed by atoms with Crippen LogP contribution in [0.5, 0.6) is 0 Å². The number of hydrogen-bond acceptors (Lipinski definition) is 5. The van der Waals surface area contributed by atoms with E-state index in [1.54, 1.807) is 0 Å². The number of carboxylic acids is 1. The summed E-state index contributed by atoms with van der Waals surface area (Å²) >= 11 is 1.42. The molecule has 0 amide bonds. The number of aromatic nitrogens is 2. The Morgan fingerprint density at radius 1 is 1.58 bits per heavy atom. The Balaban J connectivity index is 1.78. The standard InChI is InChI=1S/C13H19N3O2S/c1-2-13(11(17)18)6-3-7-16(8-13)12-14-10(15-19-12)9-4-5-9/h9H,2-8H2,1H3,(H,17,18). The van der Waals surface area contributed by atoms with Gasteiger partial charge in [-0.05, 0) is 32.1 Å². The van der Waals surface area contributed by atoms with Crippen LogP contribution in [-0.4, -0.2) is 33.5 Å². The van der Waals surface area contributed by atoms with Crippen LogP contribution < -0.4 is 4.90 Å². The highest BCUT2D eigenvalue weighted by Crippen LogP contribution is 2.41. The molecule has 5 nitrogen and oxygen atoms in total. The second-order valence-corrected chi connectivity index (χ2v) is 6.40. The van der Waals surface area contributed by atoms with Gasteiger partial charge in [0.25, 0.3) is 0 Å². The summed E-state index contributed by atoms with van der Waals surface area (Å²) in [4.78, 5) is 18.3. The first kappa shape index (κ1) is 12.8. The summed E-state index contributed by atoms with van der Waals surface area (Å²) in [7, 11) is 0. The fourth-order valence-electron chi connectivity index (χ4n) is 2.77. The molecule has 0 spiro atoms. The van der Waals surface area contributed by atoms with Gasteiger partial charge in [-0.1, -0.05) is 6.92 Å². The van der Waals surface area contributed by atoms with E-state index in [4.69, 9.17) is 0 Å². The minimum atomic E-state index is -0.674. The maximum absolute atomic E-state index is 11.5. The minimum Gasteiger partial charge on any atom is -0.481 e. The molecule has 1 N–H and O–H groups in total. The molecular weight excluding hydrogens is 262 g/mol. The average Bonchev–Trinajstić information content (AvgIpc) is 3.16. The largest absolute Gasteiger partial charge is 0.481 e. The van der Waals surface area contributed by atoms with Crippen LogP contribution in [0.1, 0.15) is 50.8 Å². The molecule has 1 aliphatic carbocycles. The van der Waals surface area contributed by atoms with Crippen LogP contribution >= 0.6 is 11.5 Å². The van der Waals surface area contributed by atoms with Gasteiger partial charge in [0.05, 0.1) is 5.41 Å². The molecule has 0 bridgehead atoms. The number of hydrogen-bond donors (Lipinski definition) is 1. The fraction of sp³-hybridized carbons (Fsp3) is 0.769. The zero-order chi connectivity index (χ0) is 13.5. The molecule has 3 rings (SSSR count). The summed E-state index contributed by atoms with van der Waals surface area (Å²) in [5.74, 6) is 0.847. The zero-order valence-electron chi connectivity index (χ0n) is 11.1. The summed E-state index contributed by atoms with van der Waals surface area (Å²) in [5.41, 5.74) is -0.607. The van der Waals surface area contributed by atoms with Gasteiger partial charge in [-0.3, -0.25) is 4.79 Å². The van der Waals surface area contributed by atoms with Gasteiger partial charge in [0.1, 0.15) is 5.82 Å². The van der Waals surface area contributed by atoms with Crippen LogP contribution in [0.3, 0.4) is 0 Å². The van der Waals surface area contributed by atoms with Crippen molar-refractivity contribution in [1.82, 2.24) is 9.36 Å². The van der Waals surface area contributed by atoms with Crippen molar-refractivity contribution >= 4 is 22.6 Å². The van der Waals surface area contributed by atoms with Crippen molar-refractivity contribution in [3.05, 3.63) is 5.82 Å². The Hall–Kier alpha value is -1.17. The lowest BCUT2D eigenvalue weighted by Crippen LogP contribution is -2.47. The van der Waals surface area contributed by atoms with E-state index in [0.717, 1.165) is 30.3 Å². The molecule has 1 aromatic heterocycles. The molecule has 2 fully saturated rings. The fourth-order valence-corrected chi connectivity index (χ4v) is 3.54. The Morgan fingerprint density at radius 3 is 3.00 bits per heavy atom. The SMILES string of the molecule is CCC1(C(=O)O)CCCN(c2nc(C3CC3)ns2)C1. The molecule has 2 heterocycles. The van der Waals surface area contributed by atoms with Crippen molar-refractivity contribution in [1.29, 1.82) is 0 Å². The van der Waals surface area contributed by atoms with Gasteiger partial charge in [-0.2, -0.15) is 4.37 Å². The van der Waals surface area contributed by atoms with Gasteiger partial charge in [-0.15, -0.1) is 0 Å². The molecule has 1 aliphatic heterocycles. The van der Waals surface area contributed by atoms with Crippen LogP contribution in [0.2, 0.25) is 0 Å². The second-order valence-electron chi connectivity index (χ2n) is 5.67. The lowest BCUT2D eigenvalue weighted by Gasteiger charge is -2.39. The van der Waals surface area contributed by atoms with E-state index in [1.165, 1.54) is 24.4 Å². The highest BCUT2D eigenvalue weighted by molar-refractivity contribution is 7.09. The van der Waals surface area contributed by atoms with Crippen molar-refractivity contribution in [2.24, 2.45) is 5.41 Å². The summed E-state index contributed by atoms with van der Waals surface area (Å²) in [6.45, 7) is 3.43. The number of rotatable bonds is 4. The highest BCUT2D eigenvalue weighted by Gasteiger charge is 2.41. The predicted molar refractivity (Wildman–Crippen MR) is 73.7 cm³/mol. The van der Waals surface area contributed by atoms with Crippen LogP contribution in [0, 0.1) is 5.41 Å². The lowest BCUT2D eigenvalue weighted by atomic mass is 9.78. The minimum absolute atomic E-state index is 0.560. The first-order valence-electron chi connectivity index (χ1n) is 6.96. The van der Waals surface area contributed by atoms with Gasteiger partial charge in [-0.25, -0.2) is 4.98 Å². The van der Waals surface area contributed by atoms with E-state index in [9.17, 15) is 9.90 Å². The quantitative estimate of drug-likeness (QED) is 0.918. The number of aliphatic carboxylic acids is 1. The molecular formula is C13H19N3O2S. The Morgan fingerprint density at radius 2 is 2.37 bits per heavy atom. The Labute approximate surface area is 116 Å². The van der Waals surface area contributed by atoms with E-state index >= 15 is 0 Å². The van der Waals surface area contributed by atoms with Crippen LogP contribution in [0.15, 0.2) is 0 Å². The number of carboxylic acid groups (broad SMARTS) is 1. The van der Waals surface area contributed by atoms with Crippen molar-refractivity contribution in [2.45, 2.75) is 44.9 Å². The van der Waals surface area contributed by atoms with Gasteiger partial charge in [0.15, 0.2) is 0 Å². The average molecular weight is 281 g/mol. The number of nitrogens with zero attached hydrogens (tertiary/aromatic N) is 3. The van der Waals surface area contributed by atoms with E-state index in [2.05, 4.69) is 14.3 Å². The third-order valence-corrected chi connectivity index (χ3v) is 5.14. The lowest BCUT2D eigenvalue weighted by molar-refractivity contribution is -0.149. The van der Waals surface area contributed by atoms with Crippen molar-refractivity contribution in [2.75, 3.05) is 18.0 Å². The second kappa shape index (κ2) is 4.74. The van der Waals surface area contributed by atoms with E-state index in [1.807, 2.05) is 6.92 Å². The third kappa shape index (κ3) is 2.33. The molecule has 1 atom stereocenters. The van der Waals surface area contributed by atoms with E-state index in [0.29, 0.717) is 18.9 Å². The smallest absolute Gasteiger partial charge is 0.311 e. The summed E-state index contributed by atoms with van der Waals surface area (Å²) < 4.78 is 4.41.